The predicted molar refractivity (Wildman–Crippen MR) is 93.5 cm³/mol. The number of aliphatic hydroxyl groups is 1. The summed E-state index contributed by atoms with van der Waals surface area (Å²) in [7, 11) is 0. The zero-order valence-electron chi connectivity index (χ0n) is 15.0. The number of piperidine rings is 1. The van der Waals surface area contributed by atoms with Crippen LogP contribution in [0.15, 0.2) is 30.3 Å². The summed E-state index contributed by atoms with van der Waals surface area (Å²) in [6.07, 6.45) is 1.33. The standard InChI is InChI=1S/C14H19NO2.C5H10O2/c1-2-11-8-12(16)9-13(15-11)14(17)10-6-4-3-5-7-10;1-5(2,3)7-4-6/h3-7,11,13-15,17H,2,8-9H2,1H3;4H,1-3H3/t11?,13?,14-;/m1./s1. The largest absolute Gasteiger partial charge is 0.462 e. The van der Waals surface area contributed by atoms with Crippen LogP contribution in [0.25, 0.3) is 0 Å². The molecular weight excluding hydrogens is 306 g/mol. The third-order valence-electron chi connectivity index (χ3n) is 3.79. The number of benzene rings is 1. The van der Waals surface area contributed by atoms with Gasteiger partial charge in [-0.1, -0.05) is 37.3 Å². The van der Waals surface area contributed by atoms with Crippen LogP contribution in [-0.4, -0.2) is 35.0 Å². The fourth-order valence-electron chi connectivity index (χ4n) is 2.52. The monoisotopic (exact) mass is 335 g/mol. The Morgan fingerprint density at radius 3 is 2.38 bits per heavy atom. The van der Waals surface area contributed by atoms with Crippen LogP contribution in [0.4, 0.5) is 0 Å². The number of carbonyl (C=O) groups is 2. The van der Waals surface area contributed by atoms with E-state index >= 15 is 0 Å². The van der Waals surface area contributed by atoms with Gasteiger partial charge in [-0.15, -0.1) is 0 Å². The number of aliphatic hydroxyl groups excluding tert-OH is 1. The lowest BCUT2D eigenvalue weighted by Gasteiger charge is -2.32. The van der Waals surface area contributed by atoms with E-state index in [0.717, 1.165) is 12.0 Å². The fourth-order valence-corrected chi connectivity index (χ4v) is 2.52. The van der Waals surface area contributed by atoms with Crippen molar-refractivity contribution in [2.75, 3.05) is 0 Å². The van der Waals surface area contributed by atoms with Gasteiger partial charge in [0.25, 0.3) is 6.47 Å². The van der Waals surface area contributed by atoms with Gasteiger partial charge in [0.1, 0.15) is 11.4 Å². The number of Topliss-reactive ketones (excluding diaryl/α,β-unsaturated/α-hetero) is 1. The number of nitrogens with one attached hydrogen (secondary N) is 1. The molecule has 1 saturated heterocycles. The molecule has 2 unspecified atom stereocenters. The molecule has 1 aliphatic rings. The van der Waals surface area contributed by atoms with E-state index in [1.54, 1.807) is 0 Å². The van der Waals surface area contributed by atoms with Crippen molar-refractivity contribution in [1.29, 1.82) is 0 Å². The van der Waals surface area contributed by atoms with Gasteiger partial charge in [0.05, 0.1) is 6.10 Å². The van der Waals surface area contributed by atoms with Crippen molar-refractivity contribution in [3.63, 3.8) is 0 Å². The second-order valence-electron chi connectivity index (χ2n) is 7.01. The number of rotatable bonds is 4. The van der Waals surface area contributed by atoms with Gasteiger partial charge in [-0.3, -0.25) is 9.59 Å². The third kappa shape index (κ3) is 7.23. The molecular formula is C19H29NO4. The van der Waals surface area contributed by atoms with E-state index < -0.39 is 6.10 Å². The first kappa shape index (κ1) is 20.3. The molecule has 3 atom stereocenters. The summed E-state index contributed by atoms with van der Waals surface area (Å²) in [5, 5.41) is 13.6. The molecule has 2 rings (SSSR count). The molecule has 0 aromatic heterocycles. The summed E-state index contributed by atoms with van der Waals surface area (Å²) >= 11 is 0. The zero-order chi connectivity index (χ0) is 18.2. The minimum atomic E-state index is -0.602. The molecule has 24 heavy (non-hydrogen) atoms. The third-order valence-corrected chi connectivity index (χ3v) is 3.79. The van der Waals surface area contributed by atoms with Crippen molar-refractivity contribution in [2.45, 2.75) is 70.7 Å². The van der Waals surface area contributed by atoms with E-state index in [1.807, 2.05) is 51.1 Å². The van der Waals surface area contributed by atoms with Crippen molar-refractivity contribution in [3.05, 3.63) is 35.9 Å². The van der Waals surface area contributed by atoms with Gasteiger partial charge in [0.15, 0.2) is 0 Å². The van der Waals surface area contributed by atoms with Crippen LogP contribution in [0, 0.1) is 0 Å². The van der Waals surface area contributed by atoms with Crippen molar-refractivity contribution < 1.29 is 19.4 Å². The number of hydrogen-bond acceptors (Lipinski definition) is 5. The molecule has 0 saturated carbocycles. The van der Waals surface area contributed by atoms with Gasteiger partial charge in [-0.2, -0.15) is 0 Å². The first-order valence-electron chi connectivity index (χ1n) is 8.39. The van der Waals surface area contributed by atoms with Crippen molar-refractivity contribution in [3.8, 4) is 0 Å². The lowest BCUT2D eigenvalue weighted by molar-refractivity contribution is -0.138. The fraction of sp³-hybridized carbons (Fsp3) is 0.579. The highest BCUT2D eigenvalue weighted by atomic mass is 16.5. The molecule has 2 N–H and O–H groups in total. The van der Waals surface area contributed by atoms with Crippen molar-refractivity contribution in [2.24, 2.45) is 0 Å². The summed E-state index contributed by atoms with van der Waals surface area (Å²) in [5.74, 6) is 0.246. The maximum atomic E-state index is 11.6. The Morgan fingerprint density at radius 1 is 1.29 bits per heavy atom. The van der Waals surface area contributed by atoms with Crippen LogP contribution in [0.2, 0.25) is 0 Å². The van der Waals surface area contributed by atoms with Crippen molar-refractivity contribution in [1.82, 2.24) is 5.32 Å². The van der Waals surface area contributed by atoms with Gasteiger partial charge in [0, 0.05) is 24.9 Å². The highest BCUT2D eigenvalue weighted by Crippen LogP contribution is 2.23. The molecule has 0 aliphatic carbocycles. The SMILES string of the molecule is CC(C)(C)OC=O.CCC1CC(=O)CC([C@H](O)c2ccccc2)N1. The first-order chi connectivity index (χ1) is 11.3. The maximum Gasteiger partial charge on any atom is 0.293 e. The molecule has 1 aliphatic heterocycles. The molecule has 0 spiro atoms. The topological polar surface area (TPSA) is 75.6 Å². The Morgan fingerprint density at radius 2 is 1.92 bits per heavy atom. The van der Waals surface area contributed by atoms with E-state index in [4.69, 9.17) is 0 Å². The summed E-state index contributed by atoms with van der Waals surface area (Å²) in [6, 6.07) is 9.58. The lowest BCUT2D eigenvalue weighted by atomic mass is 9.90. The molecule has 1 aromatic carbocycles. The summed E-state index contributed by atoms with van der Waals surface area (Å²) in [6.45, 7) is 7.98. The average Bonchev–Trinajstić information content (AvgIpc) is 2.54. The Kier molecular flexibility index (Phi) is 8.08. The van der Waals surface area contributed by atoms with Crippen LogP contribution >= 0.6 is 0 Å². The second-order valence-corrected chi connectivity index (χ2v) is 7.01. The number of carbonyl (C=O) groups excluding carboxylic acids is 2. The van der Waals surface area contributed by atoms with E-state index in [9.17, 15) is 14.7 Å². The van der Waals surface area contributed by atoms with Crippen LogP contribution in [-0.2, 0) is 14.3 Å². The molecule has 1 aromatic rings. The zero-order valence-corrected chi connectivity index (χ0v) is 15.0. The highest BCUT2D eigenvalue weighted by Gasteiger charge is 2.30. The molecule has 0 radical (unpaired) electrons. The molecule has 0 bridgehead atoms. The maximum absolute atomic E-state index is 11.6. The Bertz CT molecular complexity index is 510. The first-order valence-corrected chi connectivity index (χ1v) is 8.39. The Hall–Kier alpha value is -1.72. The molecule has 5 nitrogen and oxygen atoms in total. The Labute approximate surface area is 144 Å². The van der Waals surface area contributed by atoms with E-state index in [1.165, 1.54) is 0 Å². The average molecular weight is 335 g/mol. The number of ketones is 1. The summed E-state index contributed by atoms with van der Waals surface area (Å²) in [4.78, 5) is 21.2. The smallest absolute Gasteiger partial charge is 0.293 e. The lowest BCUT2D eigenvalue weighted by Crippen LogP contribution is -2.48. The number of hydrogen-bond donors (Lipinski definition) is 2. The van der Waals surface area contributed by atoms with Gasteiger partial charge in [0.2, 0.25) is 0 Å². The summed E-state index contributed by atoms with van der Waals surface area (Å²) < 4.78 is 4.55. The molecule has 1 fully saturated rings. The van der Waals surface area contributed by atoms with E-state index in [0.29, 0.717) is 19.3 Å². The quantitative estimate of drug-likeness (QED) is 0.828. The Balaban J connectivity index is 0.000000351. The molecule has 0 amide bonds. The van der Waals surface area contributed by atoms with Crippen molar-refractivity contribution >= 4 is 12.3 Å². The van der Waals surface area contributed by atoms with Gasteiger partial charge in [-0.05, 0) is 32.8 Å². The molecule has 1 heterocycles. The van der Waals surface area contributed by atoms with E-state index in [2.05, 4.69) is 17.0 Å². The molecule has 5 heteroatoms. The summed E-state index contributed by atoms with van der Waals surface area (Å²) in [5.41, 5.74) is 0.552. The number of ether oxygens (including phenoxy) is 1. The normalized spacial score (nSPS) is 22.1. The van der Waals surface area contributed by atoms with Gasteiger partial charge < -0.3 is 15.2 Å². The van der Waals surface area contributed by atoms with Crippen LogP contribution < -0.4 is 5.32 Å². The highest BCUT2D eigenvalue weighted by molar-refractivity contribution is 5.80. The van der Waals surface area contributed by atoms with Crippen LogP contribution in [0.5, 0.6) is 0 Å². The predicted octanol–water partition coefficient (Wildman–Crippen LogP) is 2.78. The van der Waals surface area contributed by atoms with E-state index in [-0.39, 0.29) is 23.5 Å². The minimum Gasteiger partial charge on any atom is -0.462 e. The van der Waals surface area contributed by atoms with Gasteiger partial charge >= 0.3 is 0 Å². The molecule has 134 valence electrons. The minimum absolute atomic E-state index is 0.149. The van der Waals surface area contributed by atoms with Crippen LogP contribution in [0.1, 0.15) is 58.6 Å². The van der Waals surface area contributed by atoms with Gasteiger partial charge in [-0.25, -0.2) is 0 Å². The second kappa shape index (κ2) is 9.55. The van der Waals surface area contributed by atoms with Crippen LogP contribution in [0.3, 0.4) is 0 Å².